The first-order chi connectivity index (χ1) is 13.1. The topological polar surface area (TPSA) is 82.2 Å². The fraction of sp³-hybridized carbons (Fsp3) is 0.316. The predicted molar refractivity (Wildman–Crippen MR) is 100 cm³/mol. The van der Waals surface area contributed by atoms with Gasteiger partial charge >= 0.3 is 0 Å². The van der Waals surface area contributed by atoms with Crippen LogP contribution >= 0.6 is 11.6 Å². The Bertz CT molecular complexity index is 979. The molecular formula is C19H19ClN4O3. The number of nitrogens with zero attached hydrogens (tertiary/aromatic N) is 3. The molecule has 3 aromatic rings. The molecule has 27 heavy (non-hydrogen) atoms. The number of methoxy groups -OCH3 is 1. The first kappa shape index (κ1) is 17.6. The Hall–Kier alpha value is -2.80. The van der Waals surface area contributed by atoms with E-state index >= 15 is 0 Å². The smallest absolute Gasteiger partial charge is 0.278 e. The number of amides is 1. The van der Waals surface area contributed by atoms with Crippen molar-refractivity contribution in [2.45, 2.75) is 32.2 Å². The molecule has 2 aromatic heterocycles. The standard InChI is InChI=1S/C19H19ClN4O3/c1-26-16-7-6-13(20)8-12(16)10-24-11-14(9-21-24)22-19(25)18-15-4-2-3-5-17(15)27-23-18/h6-9,11H,2-5,10H2,1H3,(H,22,25). The first-order valence-electron chi connectivity index (χ1n) is 8.77. The molecule has 7 nitrogen and oxygen atoms in total. The number of halogens is 1. The van der Waals surface area contributed by atoms with Crippen molar-refractivity contribution >= 4 is 23.2 Å². The van der Waals surface area contributed by atoms with Gasteiger partial charge in [-0.15, -0.1) is 0 Å². The van der Waals surface area contributed by atoms with E-state index in [0.29, 0.717) is 22.9 Å². The molecule has 1 amide bonds. The molecular weight excluding hydrogens is 368 g/mol. The summed E-state index contributed by atoms with van der Waals surface area (Å²) < 4.78 is 12.4. The number of nitrogens with one attached hydrogen (secondary N) is 1. The quantitative estimate of drug-likeness (QED) is 0.722. The maximum atomic E-state index is 12.6. The number of benzene rings is 1. The second-order valence-corrected chi connectivity index (χ2v) is 6.91. The van der Waals surface area contributed by atoms with Crippen LogP contribution < -0.4 is 10.1 Å². The molecule has 2 heterocycles. The number of aryl methyl sites for hydroxylation is 1. The van der Waals surface area contributed by atoms with Crippen molar-refractivity contribution < 1.29 is 14.1 Å². The van der Waals surface area contributed by atoms with Gasteiger partial charge in [0.25, 0.3) is 5.91 Å². The SMILES string of the molecule is COc1ccc(Cl)cc1Cn1cc(NC(=O)c2noc3c2CCCC3)cn1. The second-order valence-electron chi connectivity index (χ2n) is 6.48. The summed E-state index contributed by atoms with van der Waals surface area (Å²) in [6.07, 6.45) is 7.15. The van der Waals surface area contributed by atoms with Crippen LogP contribution in [0.5, 0.6) is 5.75 Å². The van der Waals surface area contributed by atoms with E-state index in [2.05, 4.69) is 15.6 Å². The van der Waals surface area contributed by atoms with Crippen LogP contribution in [0.3, 0.4) is 0 Å². The third-order valence-electron chi connectivity index (χ3n) is 4.63. The van der Waals surface area contributed by atoms with Crippen molar-refractivity contribution in [3.8, 4) is 5.75 Å². The molecule has 1 N–H and O–H groups in total. The number of carbonyl (C=O) groups excluding carboxylic acids is 1. The lowest BCUT2D eigenvalue weighted by atomic mass is 9.96. The van der Waals surface area contributed by atoms with Gasteiger partial charge in [0.1, 0.15) is 11.5 Å². The van der Waals surface area contributed by atoms with E-state index in [1.165, 1.54) is 0 Å². The van der Waals surface area contributed by atoms with Crippen molar-refractivity contribution in [3.05, 3.63) is 58.2 Å². The van der Waals surface area contributed by atoms with Gasteiger partial charge in [-0.2, -0.15) is 5.10 Å². The van der Waals surface area contributed by atoms with Crippen molar-refractivity contribution in [2.24, 2.45) is 0 Å². The number of aromatic nitrogens is 3. The number of anilines is 1. The summed E-state index contributed by atoms with van der Waals surface area (Å²) in [5.74, 6) is 1.28. The highest BCUT2D eigenvalue weighted by atomic mass is 35.5. The molecule has 1 aromatic carbocycles. The van der Waals surface area contributed by atoms with Crippen LogP contribution in [0.25, 0.3) is 0 Å². The fourth-order valence-electron chi connectivity index (χ4n) is 3.31. The Labute approximate surface area is 161 Å². The van der Waals surface area contributed by atoms with Gasteiger partial charge < -0.3 is 14.6 Å². The minimum absolute atomic E-state index is 0.276. The summed E-state index contributed by atoms with van der Waals surface area (Å²) in [5.41, 5.74) is 2.79. The Kier molecular flexibility index (Phi) is 4.85. The van der Waals surface area contributed by atoms with Gasteiger partial charge in [-0.25, -0.2) is 0 Å². The maximum absolute atomic E-state index is 12.6. The molecule has 1 aliphatic rings. The van der Waals surface area contributed by atoms with Crippen molar-refractivity contribution in [1.82, 2.24) is 14.9 Å². The molecule has 0 saturated carbocycles. The predicted octanol–water partition coefficient (Wildman–Crippen LogP) is 3.71. The minimum Gasteiger partial charge on any atom is -0.496 e. The number of fused-ring (bicyclic) bond motifs is 1. The van der Waals surface area contributed by atoms with Crippen LogP contribution in [0.4, 0.5) is 5.69 Å². The Morgan fingerprint density at radius 2 is 2.22 bits per heavy atom. The summed E-state index contributed by atoms with van der Waals surface area (Å²) in [6, 6.07) is 5.43. The molecule has 140 valence electrons. The molecule has 0 atom stereocenters. The molecule has 0 aliphatic heterocycles. The zero-order chi connectivity index (χ0) is 18.8. The first-order valence-corrected chi connectivity index (χ1v) is 9.15. The third-order valence-corrected chi connectivity index (χ3v) is 4.87. The summed E-state index contributed by atoms with van der Waals surface area (Å²) in [7, 11) is 1.61. The number of hydrogen-bond acceptors (Lipinski definition) is 5. The fourth-order valence-corrected chi connectivity index (χ4v) is 3.51. The van der Waals surface area contributed by atoms with Crippen LogP contribution in [0, 0.1) is 0 Å². The summed E-state index contributed by atoms with van der Waals surface area (Å²) in [4.78, 5) is 12.6. The van der Waals surface area contributed by atoms with Gasteiger partial charge in [0, 0.05) is 28.8 Å². The molecule has 0 unspecified atom stereocenters. The summed E-state index contributed by atoms with van der Waals surface area (Å²) in [6.45, 7) is 0.471. The largest absolute Gasteiger partial charge is 0.496 e. The van der Waals surface area contributed by atoms with Crippen LogP contribution in [0.2, 0.25) is 5.02 Å². The molecule has 0 bridgehead atoms. The van der Waals surface area contributed by atoms with Crippen molar-refractivity contribution in [2.75, 3.05) is 12.4 Å². The Morgan fingerprint density at radius 1 is 1.37 bits per heavy atom. The number of hydrogen-bond donors (Lipinski definition) is 1. The van der Waals surface area contributed by atoms with Crippen LogP contribution in [0.1, 0.15) is 40.2 Å². The normalized spacial score (nSPS) is 13.3. The minimum atomic E-state index is -0.276. The average molecular weight is 387 g/mol. The van der Waals surface area contributed by atoms with Gasteiger partial charge in [0.2, 0.25) is 0 Å². The highest BCUT2D eigenvalue weighted by molar-refractivity contribution is 6.30. The molecule has 0 spiro atoms. The molecule has 0 fully saturated rings. The van der Waals surface area contributed by atoms with Gasteiger partial charge in [-0.05, 0) is 37.5 Å². The van der Waals surface area contributed by atoms with Gasteiger partial charge in [0.15, 0.2) is 5.69 Å². The zero-order valence-corrected chi connectivity index (χ0v) is 15.6. The molecule has 4 rings (SSSR count). The average Bonchev–Trinajstić information content (AvgIpc) is 3.28. The number of rotatable bonds is 5. The van der Waals surface area contributed by atoms with Crippen LogP contribution in [0.15, 0.2) is 35.1 Å². The van der Waals surface area contributed by atoms with E-state index in [4.69, 9.17) is 20.9 Å². The van der Waals surface area contributed by atoms with Crippen LogP contribution in [-0.2, 0) is 19.4 Å². The second kappa shape index (κ2) is 7.44. The van der Waals surface area contributed by atoms with Gasteiger partial charge in [-0.1, -0.05) is 16.8 Å². The maximum Gasteiger partial charge on any atom is 0.278 e. The number of carbonyl (C=O) groups is 1. The lowest BCUT2D eigenvalue weighted by Gasteiger charge is -2.09. The zero-order valence-electron chi connectivity index (χ0n) is 14.9. The molecule has 0 radical (unpaired) electrons. The highest BCUT2D eigenvalue weighted by Gasteiger charge is 2.24. The van der Waals surface area contributed by atoms with Gasteiger partial charge in [0.05, 0.1) is 25.5 Å². The Morgan fingerprint density at radius 3 is 3.07 bits per heavy atom. The molecule has 0 saturated heterocycles. The Balaban J connectivity index is 1.48. The lowest BCUT2D eigenvalue weighted by molar-refractivity contribution is 0.101. The summed E-state index contributed by atoms with van der Waals surface area (Å²) >= 11 is 6.07. The third kappa shape index (κ3) is 3.68. The monoisotopic (exact) mass is 386 g/mol. The molecule has 8 heteroatoms. The van der Waals surface area contributed by atoms with Crippen molar-refractivity contribution in [3.63, 3.8) is 0 Å². The van der Waals surface area contributed by atoms with E-state index in [-0.39, 0.29) is 5.91 Å². The van der Waals surface area contributed by atoms with E-state index in [0.717, 1.165) is 48.3 Å². The van der Waals surface area contributed by atoms with E-state index in [1.54, 1.807) is 30.3 Å². The lowest BCUT2D eigenvalue weighted by Crippen LogP contribution is -2.15. The number of ether oxygens (including phenoxy) is 1. The van der Waals surface area contributed by atoms with E-state index in [9.17, 15) is 4.79 Å². The molecule has 1 aliphatic carbocycles. The van der Waals surface area contributed by atoms with E-state index in [1.807, 2.05) is 12.1 Å². The highest BCUT2D eigenvalue weighted by Crippen LogP contribution is 2.26. The van der Waals surface area contributed by atoms with Crippen LogP contribution in [-0.4, -0.2) is 28.0 Å². The van der Waals surface area contributed by atoms with Gasteiger partial charge in [-0.3, -0.25) is 9.48 Å². The van der Waals surface area contributed by atoms with Crippen molar-refractivity contribution in [1.29, 1.82) is 0 Å². The van der Waals surface area contributed by atoms with E-state index < -0.39 is 0 Å². The summed E-state index contributed by atoms with van der Waals surface area (Å²) in [5, 5.41) is 11.7.